The minimum Gasteiger partial charge on any atom is -0.387 e. The maximum Gasteiger partial charge on any atom is 0.0956 e. The van der Waals surface area contributed by atoms with Gasteiger partial charge in [0, 0.05) is 6.04 Å². The summed E-state index contributed by atoms with van der Waals surface area (Å²) in [5, 5.41) is 10.1. The van der Waals surface area contributed by atoms with Gasteiger partial charge in [0.2, 0.25) is 0 Å². The van der Waals surface area contributed by atoms with Crippen LogP contribution in [0.3, 0.4) is 0 Å². The average Bonchev–Trinajstić information content (AvgIpc) is 2.88. The molecule has 0 aliphatic heterocycles. The standard InChI is InChI=1S/C12H20N2O/c1-9(2)14-8-13-7-11(14)12(15)6-5-10-3-4-10/h7-10,12,15H,3-6H2,1-2H3. The highest BCUT2D eigenvalue weighted by atomic mass is 16.3. The second-order valence-electron chi connectivity index (χ2n) is 4.86. The van der Waals surface area contributed by atoms with Crippen molar-refractivity contribution in [2.45, 2.75) is 51.7 Å². The fourth-order valence-electron chi connectivity index (χ4n) is 1.95. The third kappa shape index (κ3) is 2.59. The van der Waals surface area contributed by atoms with E-state index in [4.69, 9.17) is 0 Å². The molecule has 1 heterocycles. The van der Waals surface area contributed by atoms with Gasteiger partial charge < -0.3 is 9.67 Å². The average molecular weight is 208 g/mol. The van der Waals surface area contributed by atoms with Crippen LogP contribution in [-0.4, -0.2) is 14.7 Å². The van der Waals surface area contributed by atoms with E-state index in [-0.39, 0.29) is 6.10 Å². The molecule has 0 bridgehead atoms. The molecule has 1 saturated carbocycles. The molecule has 3 heteroatoms. The van der Waals surface area contributed by atoms with Gasteiger partial charge in [-0.1, -0.05) is 12.8 Å². The van der Waals surface area contributed by atoms with Crippen molar-refractivity contribution < 1.29 is 5.11 Å². The van der Waals surface area contributed by atoms with Gasteiger partial charge >= 0.3 is 0 Å². The summed E-state index contributed by atoms with van der Waals surface area (Å²) in [6, 6.07) is 0.373. The monoisotopic (exact) mass is 208 g/mol. The van der Waals surface area contributed by atoms with Crippen molar-refractivity contribution in [2.75, 3.05) is 0 Å². The van der Waals surface area contributed by atoms with E-state index in [0.717, 1.165) is 24.5 Å². The van der Waals surface area contributed by atoms with Gasteiger partial charge in [0.15, 0.2) is 0 Å². The minimum atomic E-state index is -0.338. The van der Waals surface area contributed by atoms with Crippen molar-refractivity contribution in [3.8, 4) is 0 Å². The molecule has 15 heavy (non-hydrogen) atoms. The van der Waals surface area contributed by atoms with Crippen molar-refractivity contribution in [1.82, 2.24) is 9.55 Å². The second kappa shape index (κ2) is 4.35. The number of imidazole rings is 1. The topological polar surface area (TPSA) is 38.0 Å². The SMILES string of the molecule is CC(C)n1cncc1C(O)CCC1CC1. The number of rotatable bonds is 5. The van der Waals surface area contributed by atoms with Crippen molar-refractivity contribution in [3.63, 3.8) is 0 Å². The zero-order valence-electron chi connectivity index (χ0n) is 9.56. The molecule has 1 aromatic heterocycles. The number of aliphatic hydroxyl groups excluding tert-OH is 1. The molecule has 1 fully saturated rings. The molecule has 1 N–H and O–H groups in total. The molecule has 0 aromatic carbocycles. The molecular weight excluding hydrogens is 188 g/mol. The third-order valence-electron chi connectivity index (χ3n) is 3.14. The summed E-state index contributed by atoms with van der Waals surface area (Å²) in [4.78, 5) is 4.11. The Balaban J connectivity index is 1.96. The van der Waals surface area contributed by atoms with Crippen molar-refractivity contribution >= 4 is 0 Å². The Bertz CT molecular complexity index is 315. The second-order valence-corrected chi connectivity index (χ2v) is 4.86. The summed E-state index contributed by atoms with van der Waals surface area (Å²) < 4.78 is 2.05. The summed E-state index contributed by atoms with van der Waals surface area (Å²) in [7, 11) is 0. The molecule has 0 amide bonds. The molecular formula is C12H20N2O. The first-order valence-corrected chi connectivity index (χ1v) is 5.88. The van der Waals surface area contributed by atoms with E-state index in [2.05, 4.69) is 23.4 Å². The quantitative estimate of drug-likeness (QED) is 0.808. The van der Waals surface area contributed by atoms with Gasteiger partial charge in [-0.25, -0.2) is 4.98 Å². The summed E-state index contributed by atoms with van der Waals surface area (Å²) in [6.07, 6.45) is 8.01. The van der Waals surface area contributed by atoms with Crippen LogP contribution in [0, 0.1) is 5.92 Å². The number of nitrogens with zero attached hydrogens (tertiary/aromatic N) is 2. The molecule has 0 spiro atoms. The van der Waals surface area contributed by atoms with Gasteiger partial charge in [0.05, 0.1) is 24.3 Å². The smallest absolute Gasteiger partial charge is 0.0956 e. The van der Waals surface area contributed by atoms with Gasteiger partial charge in [-0.3, -0.25) is 0 Å². The fraction of sp³-hybridized carbons (Fsp3) is 0.750. The normalized spacial score (nSPS) is 18.4. The Kier molecular flexibility index (Phi) is 3.10. The third-order valence-corrected chi connectivity index (χ3v) is 3.14. The van der Waals surface area contributed by atoms with E-state index in [1.54, 1.807) is 12.5 Å². The van der Waals surface area contributed by atoms with Crippen molar-refractivity contribution in [1.29, 1.82) is 0 Å². The highest BCUT2D eigenvalue weighted by Gasteiger charge is 2.23. The molecule has 3 nitrogen and oxygen atoms in total. The fourth-order valence-corrected chi connectivity index (χ4v) is 1.95. The van der Waals surface area contributed by atoms with Crippen LogP contribution < -0.4 is 0 Å². The Hall–Kier alpha value is -0.830. The van der Waals surface area contributed by atoms with E-state index in [9.17, 15) is 5.11 Å². The van der Waals surface area contributed by atoms with Crippen LogP contribution in [0.1, 0.15) is 57.4 Å². The van der Waals surface area contributed by atoms with Gasteiger partial charge in [-0.05, 0) is 32.6 Å². The number of aliphatic hydroxyl groups is 1. The largest absolute Gasteiger partial charge is 0.387 e. The Labute approximate surface area is 91.1 Å². The van der Waals surface area contributed by atoms with Gasteiger partial charge in [0.1, 0.15) is 0 Å². The van der Waals surface area contributed by atoms with Crippen LogP contribution in [0.5, 0.6) is 0 Å². The van der Waals surface area contributed by atoms with Crippen LogP contribution in [0.15, 0.2) is 12.5 Å². The molecule has 1 aliphatic carbocycles. The Morgan fingerprint density at radius 1 is 1.53 bits per heavy atom. The highest BCUT2D eigenvalue weighted by Crippen LogP contribution is 2.36. The van der Waals surface area contributed by atoms with E-state index in [1.807, 2.05) is 0 Å². The first kappa shape index (κ1) is 10.7. The zero-order chi connectivity index (χ0) is 10.8. The summed E-state index contributed by atoms with van der Waals surface area (Å²) in [5.74, 6) is 0.884. The van der Waals surface area contributed by atoms with Crippen molar-refractivity contribution in [3.05, 3.63) is 18.2 Å². The van der Waals surface area contributed by atoms with Crippen molar-refractivity contribution in [2.24, 2.45) is 5.92 Å². The lowest BCUT2D eigenvalue weighted by Gasteiger charge is -2.16. The maximum atomic E-state index is 10.1. The first-order valence-electron chi connectivity index (χ1n) is 5.88. The van der Waals surface area contributed by atoms with E-state index < -0.39 is 0 Å². The maximum absolute atomic E-state index is 10.1. The number of hydrogen-bond acceptors (Lipinski definition) is 2. The lowest BCUT2D eigenvalue weighted by atomic mass is 10.1. The summed E-state index contributed by atoms with van der Waals surface area (Å²) in [5.41, 5.74) is 0.964. The van der Waals surface area contributed by atoms with Gasteiger partial charge in [0.25, 0.3) is 0 Å². The lowest BCUT2D eigenvalue weighted by Crippen LogP contribution is -2.09. The first-order chi connectivity index (χ1) is 7.18. The van der Waals surface area contributed by atoms with Gasteiger partial charge in [-0.2, -0.15) is 0 Å². The molecule has 1 atom stereocenters. The Morgan fingerprint density at radius 3 is 2.87 bits per heavy atom. The molecule has 2 rings (SSSR count). The summed E-state index contributed by atoms with van der Waals surface area (Å²) >= 11 is 0. The lowest BCUT2D eigenvalue weighted by molar-refractivity contribution is 0.151. The molecule has 1 unspecified atom stereocenters. The van der Waals surface area contributed by atoms with Crippen LogP contribution in [0.4, 0.5) is 0 Å². The van der Waals surface area contributed by atoms with E-state index in [1.165, 1.54) is 12.8 Å². The zero-order valence-corrected chi connectivity index (χ0v) is 9.56. The number of hydrogen-bond donors (Lipinski definition) is 1. The molecule has 0 saturated heterocycles. The van der Waals surface area contributed by atoms with Crippen LogP contribution >= 0.6 is 0 Å². The van der Waals surface area contributed by atoms with Crippen LogP contribution in [0.2, 0.25) is 0 Å². The predicted octanol–water partition coefficient (Wildman–Crippen LogP) is 2.69. The predicted molar refractivity (Wildman–Crippen MR) is 59.5 cm³/mol. The molecule has 84 valence electrons. The highest BCUT2D eigenvalue weighted by molar-refractivity contribution is 5.04. The molecule has 0 radical (unpaired) electrons. The Morgan fingerprint density at radius 2 is 2.27 bits per heavy atom. The summed E-state index contributed by atoms with van der Waals surface area (Å²) in [6.45, 7) is 4.22. The molecule has 1 aliphatic rings. The molecule has 1 aromatic rings. The van der Waals surface area contributed by atoms with Gasteiger partial charge in [-0.15, -0.1) is 0 Å². The minimum absolute atomic E-state index is 0.338. The van der Waals surface area contributed by atoms with E-state index in [0.29, 0.717) is 6.04 Å². The number of aromatic nitrogens is 2. The van der Waals surface area contributed by atoms with Crippen LogP contribution in [-0.2, 0) is 0 Å². The van der Waals surface area contributed by atoms with Crippen LogP contribution in [0.25, 0.3) is 0 Å². The van der Waals surface area contributed by atoms with E-state index >= 15 is 0 Å².